The van der Waals surface area contributed by atoms with Gasteiger partial charge in [-0.05, 0) is 43.7 Å². The van der Waals surface area contributed by atoms with Gasteiger partial charge >= 0.3 is 0 Å². The Kier molecular flexibility index (Phi) is 3.86. The molecule has 24 heavy (non-hydrogen) atoms. The summed E-state index contributed by atoms with van der Waals surface area (Å²) in [6.07, 6.45) is 5.71. The van der Waals surface area contributed by atoms with Crippen LogP contribution in [0.1, 0.15) is 12.8 Å². The van der Waals surface area contributed by atoms with E-state index in [-0.39, 0.29) is 0 Å². The lowest BCUT2D eigenvalue weighted by Gasteiger charge is -2.11. The van der Waals surface area contributed by atoms with Gasteiger partial charge in [0.05, 0.1) is 9.79 Å². The molecule has 0 spiro atoms. The maximum absolute atomic E-state index is 13.0. The van der Waals surface area contributed by atoms with E-state index in [1.54, 1.807) is 42.7 Å². The molecule has 0 saturated carbocycles. The molecule has 1 N–H and O–H groups in total. The first-order valence-corrected chi connectivity index (χ1v) is 9.62. The summed E-state index contributed by atoms with van der Waals surface area (Å²) < 4.78 is 28.0. The zero-order valence-corrected chi connectivity index (χ0v) is 14.0. The van der Waals surface area contributed by atoms with Gasteiger partial charge in [0, 0.05) is 30.4 Å². The molecule has 1 fully saturated rings. The topological polar surface area (TPSA) is 64.0 Å². The predicted molar refractivity (Wildman–Crippen MR) is 92.7 cm³/mol. The minimum Gasteiger partial charge on any atom is -0.330 e. The third-order valence-corrected chi connectivity index (χ3v) is 6.32. The molecule has 6 heteroatoms. The van der Waals surface area contributed by atoms with Crippen LogP contribution in [0, 0.1) is 0 Å². The molecule has 2 aromatic heterocycles. The number of hydrogen-bond donors (Lipinski definition) is 1. The summed E-state index contributed by atoms with van der Waals surface area (Å²) in [5.41, 5.74) is 0.723. The molecule has 0 bridgehead atoms. The molecule has 3 aromatic rings. The monoisotopic (exact) mass is 341 g/mol. The summed E-state index contributed by atoms with van der Waals surface area (Å²) >= 11 is 0. The molecule has 3 heterocycles. The van der Waals surface area contributed by atoms with E-state index < -0.39 is 9.84 Å². The van der Waals surface area contributed by atoms with Crippen LogP contribution in [0.4, 0.5) is 0 Å². The number of benzene rings is 1. The summed E-state index contributed by atoms with van der Waals surface area (Å²) in [5, 5.41) is 4.13. The fraction of sp³-hybridized carbons (Fsp3) is 0.278. The van der Waals surface area contributed by atoms with Crippen molar-refractivity contribution in [2.45, 2.75) is 35.2 Å². The highest BCUT2D eigenvalue weighted by atomic mass is 32.2. The largest absolute Gasteiger partial charge is 0.330 e. The molecule has 1 aliphatic heterocycles. The van der Waals surface area contributed by atoms with Crippen molar-refractivity contribution in [3.8, 4) is 0 Å². The zero-order valence-electron chi connectivity index (χ0n) is 13.2. The Bertz CT molecular complexity index is 958. The fourth-order valence-electron chi connectivity index (χ4n) is 3.32. The molecule has 1 aromatic carbocycles. The van der Waals surface area contributed by atoms with Crippen molar-refractivity contribution in [2.24, 2.45) is 0 Å². The van der Waals surface area contributed by atoms with Crippen LogP contribution < -0.4 is 5.32 Å². The van der Waals surface area contributed by atoms with Crippen LogP contribution in [0.25, 0.3) is 11.0 Å². The Hall–Kier alpha value is -2.18. The molecule has 5 nitrogen and oxygen atoms in total. The lowest BCUT2D eigenvalue weighted by Crippen LogP contribution is -2.26. The molecule has 0 aliphatic carbocycles. The van der Waals surface area contributed by atoms with E-state index in [1.807, 2.05) is 16.7 Å². The highest BCUT2D eigenvalue weighted by Crippen LogP contribution is 2.29. The number of rotatable bonds is 4. The average Bonchev–Trinajstić information content (AvgIpc) is 3.25. The Labute approximate surface area is 141 Å². The zero-order chi connectivity index (χ0) is 16.6. The Morgan fingerprint density at radius 1 is 1.17 bits per heavy atom. The first kappa shape index (κ1) is 15.4. The standard InChI is InChI=1S/C18H19N3O2S/c22-24(23,15-7-2-1-3-8-15)17-13-21(12-14-6-4-10-19-14)18-16(17)9-5-11-20-18/h1-3,5,7-9,11,13-14,19H,4,6,10,12H2. The number of aromatic nitrogens is 2. The van der Waals surface area contributed by atoms with Crippen molar-refractivity contribution >= 4 is 20.9 Å². The molecule has 0 radical (unpaired) electrons. The number of pyridine rings is 1. The Morgan fingerprint density at radius 2 is 2.00 bits per heavy atom. The van der Waals surface area contributed by atoms with Crippen molar-refractivity contribution in [3.05, 3.63) is 54.9 Å². The first-order chi connectivity index (χ1) is 11.7. The number of hydrogen-bond acceptors (Lipinski definition) is 4. The van der Waals surface area contributed by atoms with Gasteiger partial charge in [-0.25, -0.2) is 13.4 Å². The van der Waals surface area contributed by atoms with Crippen LogP contribution in [0.15, 0.2) is 64.6 Å². The quantitative estimate of drug-likeness (QED) is 0.792. The number of sulfone groups is 1. The van der Waals surface area contributed by atoms with E-state index in [1.165, 1.54) is 0 Å². The molecule has 1 unspecified atom stereocenters. The minimum absolute atomic E-state index is 0.312. The van der Waals surface area contributed by atoms with Gasteiger partial charge in [-0.1, -0.05) is 18.2 Å². The van der Waals surface area contributed by atoms with Crippen LogP contribution in [0.5, 0.6) is 0 Å². The Balaban J connectivity index is 1.84. The van der Waals surface area contributed by atoms with Crippen LogP contribution in [-0.2, 0) is 16.4 Å². The van der Waals surface area contributed by atoms with Gasteiger partial charge in [-0.15, -0.1) is 0 Å². The summed E-state index contributed by atoms with van der Waals surface area (Å²) in [5.74, 6) is 0. The van der Waals surface area contributed by atoms with Crippen LogP contribution in [0.2, 0.25) is 0 Å². The van der Waals surface area contributed by atoms with E-state index in [9.17, 15) is 8.42 Å². The van der Waals surface area contributed by atoms with Crippen molar-refractivity contribution in [1.82, 2.24) is 14.9 Å². The maximum Gasteiger partial charge on any atom is 0.208 e. The molecule has 4 rings (SSSR count). The third kappa shape index (κ3) is 2.61. The smallest absolute Gasteiger partial charge is 0.208 e. The van der Waals surface area contributed by atoms with E-state index in [2.05, 4.69) is 10.3 Å². The second-order valence-electron chi connectivity index (χ2n) is 6.13. The van der Waals surface area contributed by atoms with Crippen LogP contribution in [-0.4, -0.2) is 30.6 Å². The lowest BCUT2D eigenvalue weighted by atomic mass is 10.2. The van der Waals surface area contributed by atoms with E-state index >= 15 is 0 Å². The molecule has 1 atom stereocenters. The van der Waals surface area contributed by atoms with Gasteiger partial charge in [-0.2, -0.15) is 0 Å². The van der Waals surface area contributed by atoms with Crippen molar-refractivity contribution in [3.63, 3.8) is 0 Å². The number of nitrogens with one attached hydrogen (secondary N) is 1. The highest BCUT2D eigenvalue weighted by Gasteiger charge is 2.25. The first-order valence-electron chi connectivity index (χ1n) is 8.13. The van der Waals surface area contributed by atoms with Gasteiger partial charge in [0.1, 0.15) is 5.65 Å². The minimum atomic E-state index is -3.56. The fourth-order valence-corrected chi connectivity index (χ4v) is 4.80. The van der Waals surface area contributed by atoms with E-state index in [0.29, 0.717) is 21.2 Å². The highest BCUT2D eigenvalue weighted by molar-refractivity contribution is 7.91. The van der Waals surface area contributed by atoms with E-state index in [0.717, 1.165) is 31.6 Å². The van der Waals surface area contributed by atoms with Crippen molar-refractivity contribution in [1.29, 1.82) is 0 Å². The van der Waals surface area contributed by atoms with Crippen LogP contribution >= 0.6 is 0 Å². The maximum atomic E-state index is 13.0. The molecular weight excluding hydrogens is 322 g/mol. The van der Waals surface area contributed by atoms with Gasteiger partial charge in [0.15, 0.2) is 0 Å². The lowest BCUT2D eigenvalue weighted by molar-refractivity contribution is 0.515. The van der Waals surface area contributed by atoms with Gasteiger partial charge < -0.3 is 9.88 Å². The summed E-state index contributed by atoms with van der Waals surface area (Å²) in [6.45, 7) is 1.75. The average molecular weight is 341 g/mol. The third-order valence-electron chi connectivity index (χ3n) is 4.52. The summed E-state index contributed by atoms with van der Waals surface area (Å²) in [7, 11) is -3.56. The summed E-state index contributed by atoms with van der Waals surface area (Å²) in [6, 6.07) is 12.5. The molecule has 0 amide bonds. The van der Waals surface area contributed by atoms with Gasteiger partial charge in [0.2, 0.25) is 9.84 Å². The number of fused-ring (bicyclic) bond motifs is 1. The van der Waals surface area contributed by atoms with Gasteiger partial charge in [-0.3, -0.25) is 0 Å². The second kappa shape index (κ2) is 6.03. The molecule has 124 valence electrons. The molecular formula is C18H19N3O2S. The second-order valence-corrected chi connectivity index (χ2v) is 8.05. The predicted octanol–water partition coefficient (Wildman–Crippen LogP) is 2.62. The normalized spacial score (nSPS) is 18.2. The van der Waals surface area contributed by atoms with Gasteiger partial charge in [0.25, 0.3) is 0 Å². The molecule has 1 aliphatic rings. The Morgan fingerprint density at radius 3 is 2.75 bits per heavy atom. The van der Waals surface area contributed by atoms with E-state index in [4.69, 9.17) is 0 Å². The number of nitrogens with zero attached hydrogens (tertiary/aromatic N) is 2. The van der Waals surface area contributed by atoms with Crippen LogP contribution in [0.3, 0.4) is 0 Å². The molecule has 1 saturated heterocycles. The van der Waals surface area contributed by atoms with Crippen molar-refractivity contribution in [2.75, 3.05) is 6.54 Å². The van der Waals surface area contributed by atoms with Crippen molar-refractivity contribution < 1.29 is 8.42 Å². The SMILES string of the molecule is O=S(=O)(c1ccccc1)c1cn(CC2CCCN2)c2ncccc12. The summed E-state index contributed by atoms with van der Waals surface area (Å²) in [4.78, 5) is 5.06.